The number of ether oxygens (including phenoxy) is 1. The number of hydrogen-bond donors (Lipinski definition) is 0. The molecular weight excluding hydrogens is 276 g/mol. The smallest absolute Gasteiger partial charge is 0.170 e. The molecule has 0 aliphatic carbocycles. The number of nitrogens with zero attached hydrogens (tertiary/aromatic N) is 1. The minimum atomic E-state index is -0.822. The van der Waals surface area contributed by atoms with Crippen molar-refractivity contribution in [3.8, 4) is 5.75 Å². The van der Waals surface area contributed by atoms with Gasteiger partial charge in [0.05, 0.1) is 12.7 Å². The predicted octanol–water partition coefficient (Wildman–Crippen LogP) is 3.03. The van der Waals surface area contributed by atoms with Crippen LogP contribution in [0, 0.1) is 17.6 Å². The molecule has 2 unspecified atom stereocenters. The van der Waals surface area contributed by atoms with Crippen molar-refractivity contribution in [3.63, 3.8) is 0 Å². The summed E-state index contributed by atoms with van der Waals surface area (Å²) in [5, 5.41) is 0. The number of piperidine rings is 1. The number of Topliss-reactive ketones (excluding diaryl/α,β-unsaturated/α-hetero) is 1. The maximum atomic E-state index is 13.7. The molecule has 0 N–H and O–H groups in total. The van der Waals surface area contributed by atoms with Crippen molar-refractivity contribution in [2.45, 2.75) is 37.8 Å². The second-order valence-corrected chi connectivity index (χ2v) is 6.05. The fraction of sp³-hybridized carbons (Fsp3) is 0.562. The van der Waals surface area contributed by atoms with E-state index in [1.807, 2.05) is 0 Å². The molecular formula is C16H19F2NO2. The highest BCUT2D eigenvalue weighted by atomic mass is 19.1. The average Bonchev–Trinajstić information content (AvgIpc) is 2.67. The van der Waals surface area contributed by atoms with Crippen LogP contribution in [-0.2, 0) is 0 Å². The highest BCUT2D eigenvalue weighted by Gasteiger charge is 2.41. The maximum Gasteiger partial charge on any atom is 0.170 e. The summed E-state index contributed by atoms with van der Waals surface area (Å²) in [6.45, 7) is 0. The SMILES string of the molecule is COc1c(F)cc(F)cc1C(=O)C1CC2CCC(C1)N2C. The molecule has 2 fully saturated rings. The third kappa shape index (κ3) is 2.44. The van der Waals surface area contributed by atoms with Gasteiger partial charge in [0.25, 0.3) is 0 Å². The lowest BCUT2D eigenvalue weighted by Gasteiger charge is -2.35. The van der Waals surface area contributed by atoms with E-state index < -0.39 is 11.6 Å². The number of benzene rings is 1. The summed E-state index contributed by atoms with van der Waals surface area (Å²) < 4.78 is 32.1. The van der Waals surface area contributed by atoms with Crippen LogP contribution in [0.3, 0.4) is 0 Å². The van der Waals surface area contributed by atoms with Crippen molar-refractivity contribution >= 4 is 5.78 Å². The van der Waals surface area contributed by atoms with Crippen LogP contribution in [0.2, 0.25) is 0 Å². The lowest BCUT2D eigenvalue weighted by atomic mass is 9.84. The minimum absolute atomic E-state index is 0.0314. The number of rotatable bonds is 3. The molecule has 0 saturated carbocycles. The molecule has 3 nitrogen and oxygen atoms in total. The Balaban J connectivity index is 1.89. The Hall–Kier alpha value is -1.49. The first-order valence-corrected chi connectivity index (χ1v) is 7.30. The Morgan fingerprint density at radius 1 is 1.24 bits per heavy atom. The molecule has 2 bridgehead atoms. The maximum absolute atomic E-state index is 13.7. The Morgan fingerprint density at radius 3 is 2.43 bits per heavy atom. The Morgan fingerprint density at radius 2 is 1.86 bits per heavy atom. The van der Waals surface area contributed by atoms with Crippen molar-refractivity contribution in [3.05, 3.63) is 29.3 Å². The van der Waals surface area contributed by atoms with Gasteiger partial charge in [-0.25, -0.2) is 8.78 Å². The van der Waals surface area contributed by atoms with E-state index in [0.717, 1.165) is 37.8 Å². The first-order chi connectivity index (χ1) is 10.0. The molecule has 2 aliphatic heterocycles. The fourth-order valence-electron chi connectivity index (χ4n) is 3.80. The van der Waals surface area contributed by atoms with Crippen molar-refractivity contribution in [2.24, 2.45) is 5.92 Å². The minimum Gasteiger partial charge on any atom is -0.493 e. The van der Waals surface area contributed by atoms with Gasteiger partial charge in [0.2, 0.25) is 0 Å². The first-order valence-electron chi connectivity index (χ1n) is 7.30. The monoisotopic (exact) mass is 295 g/mol. The lowest BCUT2D eigenvalue weighted by molar-refractivity contribution is 0.0763. The van der Waals surface area contributed by atoms with Crippen LogP contribution < -0.4 is 4.74 Å². The van der Waals surface area contributed by atoms with Gasteiger partial charge in [-0.1, -0.05) is 0 Å². The molecule has 0 aromatic heterocycles. The standard InChI is InChI=1S/C16H19F2NO2/c1-19-11-3-4-12(19)6-9(5-11)15(20)13-7-10(17)8-14(18)16(13)21-2/h7-9,11-12H,3-6H2,1-2H3. The molecule has 1 aromatic rings. The third-order valence-electron chi connectivity index (χ3n) is 4.95. The quantitative estimate of drug-likeness (QED) is 0.803. The van der Waals surface area contributed by atoms with Gasteiger partial charge in [-0.3, -0.25) is 4.79 Å². The number of hydrogen-bond acceptors (Lipinski definition) is 3. The number of carbonyl (C=O) groups excluding carboxylic acids is 1. The van der Waals surface area contributed by atoms with Crippen LogP contribution >= 0.6 is 0 Å². The van der Waals surface area contributed by atoms with Gasteiger partial charge < -0.3 is 9.64 Å². The zero-order chi connectivity index (χ0) is 15.1. The zero-order valence-electron chi connectivity index (χ0n) is 12.2. The fourth-order valence-corrected chi connectivity index (χ4v) is 3.80. The number of fused-ring (bicyclic) bond motifs is 2. The predicted molar refractivity (Wildman–Crippen MR) is 74.5 cm³/mol. The molecule has 5 heteroatoms. The molecule has 2 atom stereocenters. The normalized spacial score (nSPS) is 28.7. The van der Waals surface area contributed by atoms with Crippen LogP contribution in [0.5, 0.6) is 5.75 Å². The van der Waals surface area contributed by atoms with Crippen molar-refractivity contribution in [1.82, 2.24) is 4.90 Å². The van der Waals surface area contributed by atoms with Gasteiger partial charge in [-0.05, 0) is 38.8 Å². The van der Waals surface area contributed by atoms with E-state index in [-0.39, 0.29) is 23.0 Å². The van der Waals surface area contributed by atoms with Gasteiger partial charge in [0.15, 0.2) is 17.3 Å². The lowest BCUT2D eigenvalue weighted by Crippen LogP contribution is -2.42. The van der Waals surface area contributed by atoms with Crippen molar-refractivity contribution < 1.29 is 18.3 Å². The molecule has 0 radical (unpaired) electrons. The van der Waals surface area contributed by atoms with Crippen molar-refractivity contribution in [2.75, 3.05) is 14.2 Å². The van der Waals surface area contributed by atoms with Gasteiger partial charge >= 0.3 is 0 Å². The van der Waals surface area contributed by atoms with Crippen LogP contribution in [0.1, 0.15) is 36.0 Å². The topological polar surface area (TPSA) is 29.5 Å². The highest BCUT2D eigenvalue weighted by Crippen LogP contribution is 2.40. The van der Waals surface area contributed by atoms with Crippen LogP contribution in [0.15, 0.2) is 12.1 Å². The highest BCUT2D eigenvalue weighted by molar-refractivity contribution is 6.00. The summed E-state index contributed by atoms with van der Waals surface area (Å²) in [6, 6.07) is 2.64. The van der Waals surface area contributed by atoms with E-state index in [2.05, 4.69) is 11.9 Å². The first kappa shape index (κ1) is 14.4. The molecule has 3 rings (SSSR count). The molecule has 114 valence electrons. The second kappa shape index (κ2) is 5.37. The van der Waals surface area contributed by atoms with Gasteiger partial charge in [-0.2, -0.15) is 0 Å². The van der Waals surface area contributed by atoms with E-state index in [9.17, 15) is 13.6 Å². The van der Waals surface area contributed by atoms with Crippen LogP contribution in [0.4, 0.5) is 8.78 Å². The molecule has 2 heterocycles. The van der Waals surface area contributed by atoms with Gasteiger partial charge in [0.1, 0.15) is 5.82 Å². The Labute approximate surface area is 122 Å². The molecule has 2 aliphatic rings. The zero-order valence-corrected chi connectivity index (χ0v) is 12.2. The van der Waals surface area contributed by atoms with Crippen LogP contribution in [0.25, 0.3) is 0 Å². The third-order valence-corrected chi connectivity index (χ3v) is 4.95. The average molecular weight is 295 g/mol. The number of ketones is 1. The molecule has 0 amide bonds. The molecule has 2 saturated heterocycles. The second-order valence-electron chi connectivity index (χ2n) is 6.05. The summed E-state index contributed by atoms with van der Waals surface area (Å²) in [5.41, 5.74) is 0.0314. The molecule has 21 heavy (non-hydrogen) atoms. The van der Waals surface area contributed by atoms with Gasteiger partial charge in [-0.15, -0.1) is 0 Å². The van der Waals surface area contributed by atoms with E-state index in [4.69, 9.17) is 4.74 Å². The number of halogens is 2. The summed E-state index contributed by atoms with van der Waals surface area (Å²) in [5.74, 6) is -2.08. The summed E-state index contributed by atoms with van der Waals surface area (Å²) >= 11 is 0. The van der Waals surface area contributed by atoms with E-state index in [0.29, 0.717) is 12.1 Å². The number of methoxy groups -OCH3 is 1. The molecule has 0 spiro atoms. The van der Waals surface area contributed by atoms with Crippen molar-refractivity contribution in [1.29, 1.82) is 0 Å². The summed E-state index contributed by atoms with van der Waals surface area (Å²) in [4.78, 5) is 15.0. The Kier molecular flexibility index (Phi) is 3.69. The Bertz CT molecular complexity index is 562. The van der Waals surface area contributed by atoms with Gasteiger partial charge in [0, 0.05) is 24.1 Å². The van der Waals surface area contributed by atoms with E-state index in [1.165, 1.54) is 7.11 Å². The largest absolute Gasteiger partial charge is 0.493 e. The summed E-state index contributed by atoms with van der Waals surface area (Å²) in [6.07, 6.45) is 3.71. The number of carbonyl (C=O) groups is 1. The molecule has 1 aromatic carbocycles. The van der Waals surface area contributed by atoms with E-state index >= 15 is 0 Å². The van der Waals surface area contributed by atoms with E-state index in [1.54, 1.807) is 0 Å². The van der Waals surface area contributed by atoms with Crippen LogP contribution in [-0.4, -0.2) is 36.9 Å². The summed E-state index contributed by atoms with van der Waals surface area (Å²) in [7, 11) is 3.39.